The Morgan fingerprint density at radius 2 is 1.70 bits per heavy atom. The zero-order valence-corrected chi connectivity index (χ0v) is 14.2. The number of hydrogen-bond acceptors (Lipinski definition) is 5. The van der Waals surface area contributed by atoms with Crippen LogP contribution in [0.4, 0.5) is 0 Å². The average molecular weight is 317 g/mol. The van der Waals surface area contributed by atoms with Crippen LogP contribution < -0.4 is 15.2 Å². The number of ether oxygens (including phenoxy) is 2. The van der Waals surface area contributed by atoms with E-state index in [-0.39, 0.29) is 11.2 Å². The lowest BCUT2D eigenvalue weighted by Crippen LogP contribution is -2.41. The van der Waals surface area contributed by atoms with Crippen molar-refractivity contribution in [3.8, 4) is 11.5 Å². The Morgan fingerprint density at radius 3 is 2.30 bits per heavy atom. The van der Waals surface area contributed by atoms with Gasteiger partial charge in [-0.2, -0.15) is 0 Å². The minimum absolute atomic E-state index is 0.366. The zero-order valence-electron chi connectivity index (χ0n) is 14.2. The molecule has 0 spiro atoms. The van der Waals surface area contributed by atoms with E-state index in [2.05, 4.69) is 0 Å². The predicted molar refractivity (Wildman–Crippen MR) is 90.5 cm³/mol. The first-order valence-electron chi connectivity index (χ1n) is 7.98. The van der Waals surface area contributed by atoms with Gasteiger partial charge in [0.05, 0.1) is 11.2 Å². The summed E-state index contributed by atoms with van der Waals surface area (Å²) in [5.74, 6) is 1.54. The molecule has 1 aromatic rings. The Morgan fingerprint density at radius 1 is 1.09 bits per heavy atom. The minimum atomic E-state index is -0.432. The Bertz CT molecular complexity index is 611. The molecule has 3 rings (SSSR count). The molecule has 0 radical (unpaired) electrons. The van der Waals surface area contributed by atoms with Gasteiger partial charge in [0.25, 0.3) is 0 Å². The summed E-state index contributed by atoms with van der Waals surface area (Å²) in [6.07, 6.45) is 2.00. The van der Waals surface area contributed by atoms with Crippen molar-refractivity contribution < 1.29 is 18.8 Å². The first-order valence-corrected chi connectivity index (χ1v) is 7.98. The van der Waals surface area contributed by atoms with Crippen molar-refractivity contribution in [2.75, 3.05) is 19.8 Å². The quantitative estimate of drug-likeness (QED) is 0.868. The summed E-state index contributed by atoms with van der Waals surface area (Å²) in [6.45, 7) is 9.66. The number of fused-ring (bicyclic) bond motifs is 1. The fourth-order valence-corrected chi connectivity index (χ4v) is 2.58. The molecule has 1 saturated heterocycles. The Kier molecular flexibility index (Phi) is 4.17. The van der Waals surface area contributed by atoms with E-state index in [0.717, 1.165) is 22.5 Å². The van der Waals surface area contributed by atoms with E-state index in [9.17, 15) is 0 Å². The maximum Gasteiger partial charge on any atom is 0.491 e. The van der Waals surface area contributed by atoms with Crippen LogP contribution in [0.5, 0.6) is 11.5 Å². The van der Waals surface area contributed by atoms with Crippen molar-refractivity contribution in [3.63, 3.8) is 0 Å². The second-order valence-electron chi connectivity index (χ2n) is 6.91. The summed E-state index contributed by atoms with van der Waals surface area (Å²) >= 11 is 0. The minimum Gasteiger partial charge on any atom is -0.486 e. The van der Waals surface area contributed by atoms with E-state index in [1.807, 2.05) is 52.0 Å². The summed E-state index contributed by atoms with van der Waals surface area (Å²) in [6, 6.07) is 5.85. The van der Waals surface area contributed by atoms with Crippen LogP contribution in [0.15, 0.2) is 23.7 Å². The summed E-state index contributed by atoms with van der Waals surface area (Å²) in [5, 5.41) is 0. The Hall–Kier alpha value is -1.50. The molecular weight excluding hydrogens is 293 g/mol. The third-order valence-corrected chi connectivity index (χ3v) is 4.71. The molecule has 0 bridgehead atoms. The van der Waals surface area contributed by atoms with Gasteiger partial charge >= 0.3 is 7.12 Å². The molecule has 2 N–H and O–H groups in total. The van der Waals surface area contributed by atoms with Gasteiger partial charge in [0.2, 0.25) is 0 Å². The Labute approximate surface area is 137 Å². The second-order valence-corrected chi connectivity index (χ2v) is 6.91. The number of rotatable bonds is 3. The lowest BCUT2D eigenvalue weighted by atomic mass is 9.77. The van der Waals surface area contributed by atoms with E-state index in [1.54, 1.807) is 0 Å². The molecule has 2 aliphatic heterocycles. The number of benzene rings is 1. The zero-order chi connectivity index (χ0) is 16.7. The molecule has 124 valence electrons. The molecule has 0 aromatic heterocycles. The van der Waals surface area contributed by atoms with Crippen LogP contribution in [0.3, 0.4) is 0 Å². The van der Waals surface area contributed by atoms with Crippen molar-refractivity contribution in [1.82, 2.24) is 0 Å². The van der Waals surface area contributed by atoms with Gasteiger partial charge in [0.15, 0.2) is 11.5 Å². The normalized spacial score (nSPS) is 22.3. The van der Waals surface area contributed by atoms with Gasteiger partial charge in [-0.05, 0) is 50.9 Å². The SMILES string of the molecule is CC1(C)OB(C(=Cc2ccc3c(c2)OCCO3)CN)OC1(C)C. The molecule has 1 fully saturated rings. The third kappa shape index (κ3) is 3.11. The molecule has 6 heteroatoms. The molecule has 0 atom stereocenters. The van der Waals surface area contributed by atoms with Gasteiger partial charge < -0.3 is 24.5 Å². The fraction of sp³-hybridized carbons (Fsp3) is 0.529. The highest BCUT2D eigenvalue weighted by Crippen LogP contribution is 2.39. The van der Waals surface area contributed by atoms with E-state index < -0.39 is 7.12 Å². The molecule has 0 unspecified atom stereocenters. The van der Waals surface area contributed by atoms with Crippen LogP contribution in [0.2, 0.25) is 0 Å². The first kappa shape index (κ1) is 16.4. The third-order valence-electron chi connectivity index (χ3n) is 4.71. The summed E-state index contributed by atoms with van der Waals surface area (Å²) in [7, 11) is -0.432. The van der Waals surface area contributed by atoms with Crippen LogP contribution >= 0.6 is 0 Å². The highest BCUT2D eigenvalue weighted by molar-refractivity contribution is 6.55. The molecule has 0 saturated carbocycles. The maximum absolute atomic E-state index is 6.08. The van der Waals surface area contributed by atoms with Crippen LogP contribution in [-0.4, -0.2) is 38.1 Å². The van der Waals surface area contributed by atoms with Gasteiger partial charge in [-0.15, -0.1) is 0 Å². The predicted octanol–water partition coefficient (Wildman–Crippen LogP) is 2.43. The number of nitrogens with two attached hydrogens (primary N) is 1. The van der Waals surface area contributed by atoms with Crippen molar-refractivity contribution in [2.45, 2.75) is 38.9 Å². The number of hydrogen-bond donors (Lipinski definition) is 1. The Balaban J connectivity index is 1.85. The monoisotopic (exact) mass is 317 g/mol. The van der Waals surface area contributed by atoms with Gasteiger partial charge in [-0.3, -0.25) is 0 Å². The standard InChI is InChI=1S/C17H24BNO4/c1-16(2)17(3,4)23-18(22-16)13(11-19)9-12-5-6-14-15(10-12)21-8-7-20-14/h5-6,9-10H,7-8,11,19H2,1-4H3. The summed E-state index contributed by atoms with van der Waals surface area (Å²) < 4.78 is 23.3. The second kappa shape index (κ2) is 5.85. The molecule has 1 aromatic carbocycles. The highest BCUT2D eigenvalue weighted by Gasteiger charge is 2.52. The average Bonchev–Trinajstić information content (AvgIpc) is 2.72. The molecule has 2 heterocycles. The van der Waals surface area contributed by atoms with Gasteiger partial charge in [0.1, 0.15) is 13.2 Å². The van der Waals surface area contributed by atoms with Crippen molar-refractivity contribution in [2.24, 2.45) is 5.73 Å². The van der Waals surface area contributed by atoms with Crippen molar-refractivity contribution in [3.05, 3.63) is 29.2 Å². The molecule has 23 heavy (non-hydrogen) atoms. The van der Waals surface area contributed by atoms with Crippen LogP contribution in [-0.2, 0) is 9.31 Å². The molecule has 2 aliphatic rings. The largest absolute Gasteiger partial charge is 0.491 e. The molecular formula is C17H24BNO4. The van der Waals surface area contributed by atoms with Crippen molar-refractivity contribution in [1.29, 1.82) is 0 Å². The molecule has 0 aliphatic carbocycles. The summed E-state index contributed by atoms with van der Waals surface area (Å²) in [4.78, 5) is 0. The van der Waals surface area contributed by atoms with Gasteiger partial charge in [-0.1, -0.05) is 12.1 Å². The van der Waals surface area contributed by atoms with E-state index in [1.165, 1.54) is 0 Å². The van der Waals surface area contributed by atoms with Gasteiger partial charge in [0, 0.05) is 6.54 Å². The topological polar surface area (TPSA) is 62.9 Å². The maximum atomic E-state index is 6.08. The van der Waals surface area contributed by atoms with E-state index >= 15 is 0 Å². The smallest absolute Gasteiger partial charge is 0.486 e. The highest BCUT2D eigenvalue weighted by atomic mass is 16.7. The lowest BCUT2D eigenvalue weighted by molar-refractivity contribution is 0.00578. The molecule has 0 amide bonds. The van der Waals surface area contributed by atoms with E-state index in [0.29, 0.717) is 19.8 Å². The first-order chi connectivity index (χ1) is 10.8. The van der Waals surface area contributed by atoms with Crippen LogP contribution in [0.1, 0.15) is 33.3 Å². The summed E-state index contributed by atoms with van der Waals surface area (Å²) in [5.41, 5.74) is 7.07. The van der Waals surface area contributed by atoms with E-state index in [4.69, 9.17) is 24.5 Å². The van der Waals surface area contributed by atoms with Gasteiger partial charge in [-0.25, -0.2) is 0 Å². The van der Waals surface area contributed by atoms with Crippen molar-refractivity contribution >= 4 is 13.2 Å². The lowest BCUT2D eigenvalue weighted by Gasteiger charge is -2.32. The fourth-order valence-electron chi connectivity index (χ4n) is 2.58. The van der Waals surface area contributed by atoms with Crippen LogP contribution in [0, 0.1) is 0 Å². The molecule has 5 nitrogen and oxygen atoms in total. The van der Waals surface area contributed by atoms with Crippen LogP contribution in [0.25, 0.3) is 6.08 Å².